The van der Waals surface area contributed by atoms with Gasteiger partial charge in [-0.2, -0.15) is 16.8 Å². The van der Waals surface area contributed by atoms with E-state index in [9.17, 15) is 31.1 Å². The van der Waals surface area contributed by atoms with E-state index < -0.39 is 27.4 Å². The van der Waals surface area contributed by atoms with Gasteiger partial charge in [0.15, 0.2) is 6.29 Å². The van der Waals surface area contributed by atoms with Crippen LogP contribution in [0, 0.1) is 13.8 Å². The molecule has 549 valence electrons. The largest absolute Gasteiger partial charge is 1.00 e. The first-order valence-corrected chi connectivity index (χ1v) is 38.3. The molecule has 14 aromatic rings. The standard InChI is InChI=1S/C26H26O4S.C19H20O2.C19H18O2.C18H18O.C7H8O3S.CH3F.B.Na.H/c1-3-29-17-16-25-21-8-4-6-10-23(21)26(24-11-7-5-9-22(24)25)18-30-31(27,28)20-14-12-19(2)13-15-20;2*1-2-21-12-11-18-14-7-3-5-9-16(14)19(13-20)17-10-6-4-8-15(17)18;1-2-19-12-11-18-16-9-5-3-7-14(16)13-15-8-4-6-10-17(15)18;1-6-2-4-7(5-3-6)11(8,9)10;1-2;;;/h4-15H,3,16-18H2,1-2H3;3-10,20H,2,11-13H2,1H3;3-10,13H,2,11-12H2,1H3;3-10,13H,2,11-12H2,1H3;2-5H,1H3,(H,8,9,10);1H3;;;/q;;;;;;;+1;-1/i;;;;;1D;;;. The second-order valence-electron chi connectivity index (χ2n) is 24.8. The van der Waals surface area contributed by atoms with Gasteiger partial charge in [0.05, 0.1) is 58.0 Å². The molecular weight excluding hydrogens is 1390 g/mol. The zero-order valence-electron chi connectivity index (χ0n) is 64.1. The number of benzene rings is 14. The van der Waals surface area contributed by atoms with E-state index in [-0.39, 0.29) is 62.4 Å². The number of hydrogen-bond donors (Lipinski definition) is 2. The molecule has 3 radical (unpaired) electrons. The first-order chi connectivity index (χ1) is 51.5. The third-order valence-electron chi connectivity index (χ3n) is 18.3. The van der Waals surface area contributed by atoms with Crippen molar-refractivity contribution in [1.82, 2.24) is 0 Å². The molecule has 0 amide bonds. The molecule has 12 nitrogen and oxygen atoms in total. The first-order valence-electron chi connectivity index (χ1n) is 36.1. The van der Waals surface area contributed by atoms with Crippen molar-refractivity contribution in [3.05, 3.63) is 299 Å². The van der Waals surface area contributed by atoms with Gasteiger partial charge in [-0.15, -0.1) is 0 Å². The van der Waals surface area contributed by atoms with Crippen molar-refractivity contribution in [2.75, 3.05) is 60.0 Å². The number of aryl methyl sites for hydroxylation is 2. The van der Waals surface area contributed by atoms with Gasteiger partial charge in [-0.3, -0.25) is 17.9 Å². The van der Waals surface area contributed by atoms with Crippen LogP contribution in [0.1, 0.15) is 85.4 Å². The van der Waals surface area contributed by atoms with E-state index in [4.69, 9.17) is 29.1 Å². The molecule has 0 unspecified atom stereocenters. The Morgan fingerprint density at radius 3 is 0.935 bits per heavy atom. The number of hydrogen-bond acceptors (Lipinski definition) is 11. The van der Waals surface area contributed by atoms with E-state index in [2.05, 4.69) is 115 Å². The van der Waals surface area contributed by atoms with Crippen LogP contribution >= 0.6 is 0 Å². The smallest absolute Gasteiger partial charge is 1.00 e. The topological polar surface area (TPSA) is 172 Å². The number of fused-ring (bicyclic) bond motifs is 8. The molecule has 0 bridgehead atoms. The Balaban J connectivity index is 0.000000215. The van der Waals surface area contributed by atoms with E-state index >= 15 is 0 Å². The van der Waals surface area contributed by atoms with Crippen LogP contribution in [0.5, 0.6) is 0 Å². The summed E-state index contributed by atoms with van der Waals surface area (Å²) in [5.74, 6) is 0. The summed E-state index contributed by atoms with van der Waals surface area (Å²) in [6, 6.07) is 81.3. The van der Waals surface area contributed by atoms with E-state index in [1.54, 1.807) is 36.4 Å². The van der Waals surface area contributed by atoms with Crippen molar-refractivity contribution in [3.63, 3.8) is 0 Å². The van der Waals surface area contributed by atoms with Crippen LogP contribution in [-0.2, 0) is 82.3 Å². The normalized spacial score (nSPS) is 11.2. The number of aldehydes is 1. The number of aliphatic hydroxyl groups is 1. The van der Waals surface area contributed by atoms with Gasteiger partial charge in [0.2, 0.25) is 0 Å². The van der Waals surface area contributed by atoms with Gasteiger partial charge in [0.25, 0.3) is 20.2 Å². The molecule has 0 aliphatic heterocycles. The Morgan fingerprint density at radius 2 is 0.645 bits per heavy atom. The Kier molecular flexibility index (Phi) is 33.7. The number of carbonyl (C=O) groups is 1. The minimum absolute atomic E-state index is 0. The zero-order chi connectivity index (χ0) is 75.4. The predicted octanol–water partition coefficient (Wildman–Crippen LogP) is 17.4. The van der Waals surface area contributed by atoms with Gasteiger partial charge in [0, 0.05) is 40.4 Å². The second kappa shape index (κ2) is 42.8. The monoisotopic (exact) mass is 1480 g/mol. The second-order valence-corrected chi connectivity index (χ2v) is 27.8. The summed E-state index contributed by atoms with van der Waals surface area (Å²) in [5.41, 5.74) is 9.82. The van der Waals surface area contributed by atoms with Crippen LogP contribution in [-0.4, -0.2) is 101 Å². The average molecular weight is 1490 g/mol. The van der Waals surface area contributed by atoms with Crippen LogP contribution in [0.3, 0.4) is 0 Å². The average Bonchev–Trinajstić information content (AvgIpc) is 0.750. The summed E-state index contributed by atoms with van der Waals surface area (Å²) < 4.78 is 98.4. The van der Waals surface area contributed by atoms with Crippen LogP contribution in [0.4, 0.5) is 4.39 Å². The molecule has 0 aliphatic rings. The molecule has 0 heterocycles. The van der Waals surface area contributed by atoms with Crippen LogP contribution in [0.2, 0.25) is 0 Å². The molecule has 0 saturated carbocycles. The first kappa shape index (κ1) is 84.1. The van der Waals surface area contributed by atoms with Crippen molar-refractivity contribution >= 4 is 121 Å². The summed E-state index contributed by atoms with van der Waals surface area (Å²) in [6.07, 6.45) is 4.47. The van der Waals surface area contributed by atoms with Crippen LogP contribution < -0.4 is 29.6 Å². The van der Waals surface area contributed by atoms with E-state index in [1.807, 2.05) is 126 Å². The van der Waals surface area contributed by atoms with Crippen LogP contribution in [0.25, 0.3) is 86.2 Å². The minimum Gasteiger partial charge on any atom is -1.00 e. The fraction of sp³-hybridized carbons (Fsp3) is 0.233. The quantitative estimate of drug-likeness (QED) is 0.0155. The predicted molar refractivity (Wildman–Crippen MR) is 436 cm³/mol. The molecule has 0 saturated heterocycles. The third-order valence-corrected chi connectivity index (χ3v) is 20.5. The molecule has 14 aromatic carbocycles. The summed E-state index contributed by atoms with van der Waals surface area (Å²) in [7, 11) is -8.88. The van der Waals surface area contributed by atoms with Crippen molar-refractivity contribution in [2.24, 2.45) is 0 Å². The van der Waals surface area contributed by atoms with Gasteiger partial charge >= 0.3 is 29.6 Å². The summed E-state index contributed by atoms with van der Waals surface area (Å²) in [4.78, 5) is 11.7. The van der Waals surface area contributed by atoms with Gasteiger partial charge in [-0.25, -0.2) is 0 Å². The summed E-state index contributed by atoms with van der Waals surface area (Å²) >= 11 is 0. The van der Waals surface area contributed by atoms with E-state index in [0.717, 1.165) is 147 Å². The minimum atomic E-state index is -4.02. The number of alkyl halides is 1. The molecule has 107 heavy (non-hydrogen) atoms. The molecule has 0 spiro atoms. The Bertz CT molecular complexity index is 5260. The fourth-order valence-electron chi connectivity index (χ4n) is 13.4. The Labute approximate surface area is 656 Å². The molecule has 0 aromatic heterocycles. The maximum Gasteiger partial charge on any atom is 1.00 e. The Morgan fingerprint density at radius 1 is 0.393 bits per heavy atom. The summed E-state index contributed by atoms with van der Waals surface area (Å²) in [6.45, 7) is 17.6. The van der Waals surface area contributed by atoms with Crippen molar-refractivity contribution in [2.45, 2.75) is 90.2 Å². The fourth-order valence-corrected chi connectivity index (χ4v) is 14.8. The number of rotatable bonds is 23. The van der Waals surface area contributed by atoms with Crippen molar-refractivity contribution < 1.29 is 91.2 Å². The number of aliphatic hydroxyl groups excluding tert-OH is 1. The number of halogens is 1. The molecule has 0 aliphatic carbocycles. The molecule has 0 atom stereocenters. The van der Waals surface area contributed by atoms with Crippen LogP contribution in [0.15, 0.2) is 259 Å². The van der Waals surface area contributed by atoms with Gasteiger partial charge in [0.1, 0.15) is 0 Å². The molecule has 0 fully saturated rings. The molecule has 14 rings (SSSR count). The van der Waals surface area contributed by atoms with Crippen molar-refractivity contribution in [3.8, 4) is 0 Å². The van der Waals surface area contributed by atoms with Gasteiger partial charge in [-0.1, -0.05) is 230 Å². The SMILES string of the molecule is CCOCCc1c2ccccc2c(C=O)c2ccccc12.CCOCCc1c2ccccc2c(CO)c2ccccc12.CCOCCc1c2ccccc2c(COS(=O)(=O)c2ccc(C)cc2)c2ccccc12.CCOCCc1c2ccccc2cc2ccccc12.Cc1ccc(S(=O)(=O)O)cc1.[2H]CF.[B].[H-].[Na+]. The summed E-state index contributed by atoms with van der Waals surface area (Å²) in [5, 5.41) is 28.4. The van der Waals surface area contributed by atoms with Gasteiger partial charge < -0.3 is 25.5 Å². The molecule has 17 heteroatoms. The zero-order valence-corrected chi connectivity index (χ0v) is 65.7. The molecule has 2 N–H and O–H groups in total. The maximum atomic E-state index is 12.8. The number of ether oxygens (including phenoxy) is 4. The van der Waals surface area contributed by atoms with Gasteiger partial charge in [-0.05, 0) is 217 Å². The Hall–Kier alpha value is -8.56. The third kappa shape index (κ3) is 21.9. The van der Waals surface area contributed by atoms with E-state index in [0.29, 0.717) is 19.8 Å². The van der Waals surface area contributed by atoms with Crippen molar-refractivity contribution in [1.29, 1.82) is 0 Å². The number of carbonyl (C=O) groups excluding carboxylic acids is 1. The van der Waals surface area contributed by atoms with E-state index in [1.165, 1.54) is 66.7 Å². The maximum absolute atomic E-state index is 12.8. The molecular formula is C90H94BFNaO12S2.